The molecule has 0 bridgehead atoms. The molecule has 0 aliphatic heterocycles. The van der Waals surface area contributed by atoms with Crippen molar-refractivity contribution in [3.63, 3.8) is 0 Å². The molecule has 0 fully saturated rings. The summed E-state index contributed by atoms with van der Waals surface area (Å²) in [6.07, 6.45) is 8.15. The third kappa shape index (κ3) is 15.2. The van der Waals surface area contributed by atoms with Crippen molar-refractivity contribution in [2.75, 3.05) is 21.3 Å². The first kappa shape index (κ1) is 40.9. The number of benzene rings is 4. The van der Waals surface area contributed by atoms with Crippen LogP contribution in [0.25, 0.3) is 0 Å². The van der Waals surface area contributed by atoms with Gasteiger partial charge in [0.25, 0.3) is 0 Å². The van der Waals surface area contributed by atoms with E-state index in [1.165, 1.54) is 59.7 Å². The molecule has 0 heterocycles. The number of hydrogen-bond acceptors (Lipinski definition) is 0. The number of rotatable bonds is 18. The monoisotopic (exact) mass is 916 g/mol. The second-order valence-electron chi connectivity index (χ2n) is 12.3. The van der Waals surface area contributed by atoms with E-state index in [1.807, 2.05) is 48.5 Å². The quantitative estimate of drug-likeness (QED) is 0.0689. The molecule has 4 aromatic rings. The van der Waals surface area contributed by atoms with Gasteiger partial charge in [-0.25, -0.2) is 17.6 Å². The smallest absolute Gasteiger partial charge is 0.123 e. The molecule has 0 saturated heterocycles. The lowest BCUT2D eigenvalue weighted by atomic mass is 9.81. The maximum absolute atomic E-state index is 13.1. The fourth-order valence-corrected chi connectivity index (χ4v) is 8.24. The largest absolute Gasteiger partial charge is 0.207 e. The van der Waals surface area contributed by atoms with Crippen LogP contribution in [0.5, 0.6) is 0 Å². The summed E-state index contributed by atoms with van der Waals surface area (Å²) in [7, 11) is 0. The average molecular weight is 920 g/mol. The number of alkyl halides is 4. The SMILES string of the molecule is Fc1ccc(C[C@@H](CBr)[C@H](CCCBr)Cc2ccc(F)cc2)cc1.Fc1ccc(C[C@H](CBr)[C@@H](CCCBr)Cc2ccc(F)cc2)cc1. The Morgan fingerprint density at radius 3 is 0.792 bits per heavy atom. The Kier molecular flexibility index (Phi) is 19.7. The molecule has 260 valence electrons. The van der Waals surface area contributed by atoms with Crippen LogP contribution >= 0.6 is 63.7 Å². The van der Waals surface area contributed by atoms with Crippen molar-refractivity contribution in [2.24, 2.45) is 23.7 Å². The van der Waals surface area contributed by atoms with Crippen LogP contribution in [-0.2, 0) is 25.7 Å². The fraction of sp³-hybridized carbons (Fsp3) is 0.400. The predicted octanol–water partition coefficient (Wildman–Crippen LogP) is 13.1. The second kappa shape index (κ2) is 23.1. The Hall–Kier alpha value is -1.48. The van der Waals surface area contributed by atoms with Crippen LogP contribution in [0.15, 0.2) is 97.1 Å². The summed E-state index contributed by atoms with van der Waals surface area (Å²) < 4.78 is 52.5. The van der Waals surface area contributed by atoms with E-state index in [9.17, 15) is 17.6 Å². The lowest BCUT2D eigenvalue weighted by Crippen LogP contribution is -2.21. The molecule has 0 aromatic heterocycles. The van der Waals surface area contributed by atoms with E-state index < -0.39 is 0 Å². The standard InChI is InChI=1S/2C20H22Br2F2/c2*21-11-1-2-17(12-15-3-7-19(23)8-4-15)18(14-22)13-16-5-9-20(24)10-6-16/h2*3-10,17-18H,1-2,11-14H2/t2*17-,18+/m10/s1. The van der Waals surface area contributed by atoms with Gasteiger partial charge in [0.15, 0.2) is 0 Å². The van der Waals surface area contributed by atoms with Crippen molar-refractivity contribution in [1.82, 2.24) is 0 Å². The molecule has 0 spiro atoms. The van der Waals surface area contributed by atoms with Gasteiger partial charge in [-0.05, 0) is 146 Å². The van der Waals surface area contributed by atoms with E-state index in [-0.39, 0.29) is 23.3 Å². The van der Waals surface area contributed by atoms with Crippen LogP contribution in [0.2, 0.25) is 0 Å². The van der Waals surface area contributed by atoms with Crippen molar-refractivity contribution in [2.45, 2.75) is 51.4 Å². The summed E-state index contributed by atoms with van der Waals surface area (Å²) in [5, 5.41) is 3.77. The molecule has 0 radical (unpaired) electrons. The first-order valence-electron chi connectivity index (χ1n) is 16.5. The van der Waals surface area contributed by atoms with E-state index >= 15 is 0 Å². The highest BCUT2D eigenvalue weighted by molar-refractivity contribution is 9.09. The van der Waals surface area contributed by atoms with E-state index in [4.69, 9.17) is 0 Å². The predicted molar refractivity (Wildman–Crippen MR) is 208 cm³/mol. The highest BCUT2D eigenvalue weighted by atomic mass is 79.9. The molecule has 0 N–H and O–H groups in total. The first-order chi connectivity index (χ1) is 23.2. The van der Waals surface area contributed by atoms with Gasteiger partial charge in [0.2, 0.25) is 0 Å². The first-order valence-corrected chi connectivity index (χ1v) is 20.9. The zero-order valence-electron chi connectivity index (χ0n) is 27.1. The van der Waals surface area contributed by atoms with Crippen LogP contribution in [0, 0.1) is 46.9 Å². The van der Waals surface area contributed by atoms with Crippen molar-refractivity contribution in [3.05, 3.63) is 143 Å². The summed E-state index contributed by atoms with van der Waals surface area (Å²) in [4.78, 5) is 0. The van der Waals surface area contributed by atoms with E-state index in [1.54, 1.807) is 0 Å². The Morgan fingerprint density at radius 1 is 0.354 bits per heavy atom. The molecule has 0 aliphatic carbocycles. The highest BCUT2D eigenvalue weighted by Crippen LogP contribution is 2.30. The molecular weight excluding hydrogens is 876 g/mol. The van der Waals surface area contributed by atoms with Crippen molar-refractivity contribution in [1.29, 1.82) is 0 Å². The zero-order chi connectivity index (χ0) is 34.7. The van der Waals surface area contributed by atoms with Gasteiger partial charge < -0.3 is 0 Å². The molecule has 8 heteroatoms. The van der Waals surface area contributed by atoms with Gasteiger partial charge in [-0.2, -0.15) is 0 Å². The van der Waals surface area contributed by atoms with Crippen LogP contribution in [0.3, 0.4) is 0 Å². The topological polar surface area (TPSA) is 0 Å². The Balaban J connectivity index is 0.000000260. The van der Waals surface area contributed by atoms with E-state index in [2.05, 4.69) is 63.7 Å². The molecular formula is C40H44Br4F4. The molecule has 48 heavy (non-hydrogen) atoms. The highest BCUT2D eigenvalue weighted by Gasteiger charge is 2.23. The minimum atomic E-state index is -0.198. The zero-order valence-corrected chi connectivity index (χ0v) is 33.4. The molecule has 4 rings (SSSR count). The molecule has 0 amide bonds. The van der Waals surface area contributed by atoms with Gasteiger partial charge in [-0.3, -0.25) is 0 Å². The van der Waals surface area contributed by atoms with Crippen molar-refractivity contribution >= 4 is 63.7 Å². The maximum atomic E-state index is 13.1. The summed E-state index contributed by atoms with van der Waals surface area (Å²) in [6, 6.07) is 27.2. The Morgan fingerprint density at radius 2 is 0.583 bits per heavy atom. The van der Waals surface area contributed by atoms with Crippen molar-refractivity contribution < 1.29 is 17.6 Å². The lowest BCUT2D eigenvalue weighted by Gasteiger charge is -2.26. The molecule has 0 aliphatic rings. The number of halogens is 8. The summed E-state index contributed by atoms with van der Waals surface area (Å²) in [5.74, 6) is 1.12. The van der Waals surface area contributed by atoms with Gasteiger partial charge in [-0.1, -0.05) is 112 Å². The van der Waals surface area contributed by atoms with E-state index in [0.717, 1.165) is 83.8 Å². The maximum Gasteiger partial charge on any atom is 0.123 e. The average Bonchev–Trinajstić information content (AvgIpc) is 3.10. The minimum absolute atomic E-state index is 0.195. The molecule has 4 aromatic carbocycles. The Labute approximate surface area is 318 Å². The van der Waals surface area contributed by atoms with Gasteiger partial charge in [-0.15, -0.1) is 0 Å². The summed E-state index contributed by atoms with van der Waals surface area (Å²) in [5.41, 5.74) is 4.65. The normalized spacial score (nSPS) is 13.7. The third-order valence-electron chi connectivity index (χ3n) is 8.79. The van der Waals surface area contributed by atoms with Crippen LogP contribution in [0.1, 0.15) is 47.9 Å². The molecule has 0 unspecified atom stereocenters. The summed E-state index contributed by atoms with van der Waals surface area (Å²) >= 11 is 14.4. The van der Waals surface area contributed by atoms with Gasteiger partial charge in [0.1, 0.15) is 23.3 Å². The fourth-order valence-electron chi connectivity index (χ4n) is 6.07. The van der Waals surface area contributed by atoms with Gasteiger partial charge >= 0.3 is 0 Å². The van der Waals surface area contributed by atoms with Gasteiger partial charge in [0, 0.05) is 21.3 Å². The second-order valence-corrected chi connectivity index (χ2v) is 15.2. The van der Waals surface area contributed by atoms with Gasteiger partial charge in [0.05, 0.1) is 0 Å². The van der Waals surface area contributed by atoms with E-state index in [0.29, 0.717) is 23.7 Å². The Bertz CT molecular complexity index is 1300. The molecule has 0 nitrogen and oxygen atoms in total. The van der Waals surface area contributed by atoms with Crippen LogP contribution in [0.4, 0.5) is 17.6 Å². The molecule has 4 atom stereocenters. The minimum Gasteiger partial charge on any atom is -0.207 e. The van der Waals surface area contributed by atoms with Crippen LogP contribution < -0.4 is 0 Å². The van der Waals surface area contributed by atoms with Crippen LogP contribution in [-0.4, -0.2) is 21.3 Å². The van der Waals surface area contributed by atoms with Crippen molar-refractivity contribution in [3.8, 4) is 0 Å². The third-order valence-corrected chi connectivity index (χ3v) is 11.6. The summed E-state index contributed by atoms with van der Waals surface area (Å²) in [6.45, 7) is 0. The lowest BCUT2D eigenvalue weighted by molar-refractivity contribution is 0.336. The molecule has 0 saturated carbocycles. The number of hydrogen-bond donors (Lipinski definition) is 0.